The summed E-state index contributed by atoms with van der Waals surface area (Å²) in [5.74, 6) is 0.533. The minimum Gasteiger partial charge on any atom is -0.390 e. The summed E-state index contributed by atoms with van der Waals surface area (Å²) in [6.07, 6.45) is 1.06. The van der Waals surface area contributed by atoms with Gasteiger partial charge in [-0.2, -0.15) is 0 Å². The summed E-state index contributed by atoms with van der Waals surface area (Å²) in [4.78, 5) is 0. The van der Waals surface area contributed by atoms with Gasteiger partial charge in [-0.1, -0.05) is 13.8 Å². The van der Waals surface area contributed by atoms with E-state index in [9.17, 15) is 5.11 Å². The highest BCUT2D eigenvalue weighted by atomic mass is 16.7. The summed E-state index contributed by atoms with van der Waals surface area (Å²) in [5, 5.41) is 9.39. The van der Waals surface area contributed by atoms with Crippen molar-refractivity contribution in [1.82, 2.24) is 0 Å². The third-order valence-electron chi connectivity index (χ3n) is 2.22. The van der Waals surface area contributed by atoms with Crippen LogP contribution in [-0.4, -0.2) is 30.2 Å². The molecule has 78 valence electrons. The average molecular weight is 188 g/mol. The lowest BCUT2D eigenvalue weighted by atomic mass is 10.1. The molecule has 3 atom stereocenters. The molecule has 0 bridgehead atoms. The Morgan fingerprint density at radius 3 is 2.69 bits per heavy atom. The van der Waals surface area contributed by atoms with E-state index in [0.29, 0.717) is 5.92 Å². The van der Waals surface area contributed by atoms with Crippen molar-refractivity contribution in [3.05, 3.63) is 0 Å². The number of hydrogen-bond acceptors (Lipinski definition) is 3. The molecule has 0 amide bonds. The normalized spacial score (nSPS) is 35.3. The van der Waals surface area contributed by atoms with Crippen LogP contribution in [0.25, 0.3) is 0 Å². The molecule has 1 fully saturated rings. The van der Waals surface area contributed by atoms with Crippen molar-refractivity contribution in [3.8, 4) is 0 Å². The second kappa shape index (κ2) is 4.94. The van der Waals surface area contributed by atoms with Gasteiger partial charge in [-0.25, -0.2) is 0 Å². The van der Waals surface area contributed by atoms with E-state index in [1.165, 1.54) is 0 Å². The number of hydrogen-bond donors (Lipinski definition) is 1. The quantitative estimate of drug-likeness (QED) is 0.730. The summed E-state index contributed by atoms with van der Waals surface area (Å²) in [7, 11) is 0. The molecule has 13 heavy (non-hydrogen) atoms. The fourth-order valence-corrected chi connectivity index (χ4v) is 1.36. The van der Waals surface area contributed by atoms with Crippen LogP contribution in [0.3, 0.4) is 0 Å². The highest BCUT2D eigenvalue weighted by Crippen LogP contribution is 2.20. The van der Waals surface area contributed by atoms with Crippen LogP contribution in [0, 0.1) is 5.92 Å². The SMILES string of the molecule is CC(C)CO[C@@H]1CC[C@H](O)[C@H](C)O1. The van der Waals surface area contributed by atoms with Crippen LogP contribution in [0.5, 0.6) is 0 Å². The molecule has 0 aromatic rings. The maximum absolute atomic E-state index is 9.39. The van der Waals surface area contributed by atoms with Gasteiger partial charge in [0.05, 0.1) is 18.8 Å². The minimum atomic E-state index is -0.320. The van der Waals surface area contributed by atoms with Crippen LogP contribution >= 0.6 is 0 Å². The first-order chi connectivity index (χ1) is 6.09. The van der Waals surface area contributed by atoms with Crippen molar-refractivity contribution in [2.24, 2.45) is 5.92 Å². The van der Waals surface area contributed by atoms with Gasteiger partial charge in [0.25, 0.3) is 0 Å². The third kappa shape index (κ3) is 3.63. The first-order valence-electron chi connectivity index (χ1n) is 5.04. The van der Waals surface area contributed by atoms with Gasteiger partial charge in [0.2, 0.25) is 0 Å². The molecule has 1 N–H and O–H groups in total. The predicted molar refractivity (Wildman–Crippen MR) is 50.4 cm³/mol. The Kier molecular flexibility index (Phi) is 4.16. The lowest BCUT2D eigenvalue weighted by Crippen LogP contribution is -2.38. The molecule has 3 nitrogen and oxygen atoms in total. The molecule has 0 spiro atoms. The lowest BCUT2D eigenvalue weighted by molar-refractivity contribution is -0.220. The third-order valence-corrected chi connectivity index (χ3v) is 2.22. The lowest BCUT2D eigenvalue weighted by Gasteiger charge is -2.31. The minimum absolute atomic E-state index is 0.0917. The zero-order valence-electron chi connectivity index (χ0n) is 8.69. The standard InChI is InChI=1S/C10H20O3/c1-7(2)6-12-10-5-4-9(11)8(3)13-10/h7-11H,4-6H2,1-3H3/t8-,9-,10-/m0/s1. The molecule has 1 rings (SSSR count). The second-order valence-corrected chi connectivity index (χ2v) is 4.14. The zero-order chi connectivity index (χ0) is 9.84. The molecule has 1 heterocycles. The van der Waals surface area contributed by atoms with Gasteiger partial charge in [-0.05, 0) is 19.3 Å². The van der Waals surface area contributed by atoms with E-state index in [0.717, 1.165) is 19.4 Å². The van der Waals surface area contributed by atoms with Crippen LogP contribution in [0.15, 0.2) is 0 Å². The van der Waals surface area contributed by atoms with E-state index in [1.807, 2.05) is 6.92 Å². The number of ether oxygens (including phenoxy) is 2. The summed E-state index contributed by atoms with van der Waals surface area (Å²) >= 11 is 0. The van der Waals surface area contributed by atoms with Gasteiger partial charge in [0, 0.05) is 6.42 Å². The largest absolute Gasteiger partial charge is 0.390 e. The summed E-state index contributed by atoms with van der Waals surface area (Å²) < 4.78 is 11.0. The van der Waals surface area contributed by atoms with Gasteiger partial charge in [0.15, 0.2) is 6.29 Å². The smallest absolute Gasteiger partial charge is 0.158 e. The molecule has 1 saturated heterocycles. The summed E-state index contributed by atoms with van der Waals surface area (Å²) in [6, 6.07) is 0. The van der Waals surface area contributed by atoms with Gasteiger partial charge in [0.1, 0.15) is 0 Å². The molecule has 0 unspecified atom stereocenters. The molecular weight excluding hydrogens is 168 g/mol. The van der Waals surface area contributed by atoms with Gasteiger partial charge in [-0.15, -0.1) is 0 Å². The van der Waals surface area contributed by atoms with E-state index in [2.05, 4.69) is 13.8 Å². The molecule has 0 aromatic heterocycles. The molecular formula is C10H20O3. The molecule has 0 aliphatic carbocycles. The zero-order valence-corrected chi connectivity index (χ0v) is 8.69. The Hall–Kier alpha value is -0.120. The van der Waals surface area contributed by atoms with Crippen molar-refractivity contribution in [3.63, 3.8) is 0 Å². The Morgan fingerprint density at radius 2 is 2.15 bits per heavy atom. The van der Waals surface area contributed by atoms with Crippen molar-refractivity contribution in [2.75, 3.05) is 6.61 Å². The van der Waals surface area contributed by atoms with Crippen molar-refractivity contribution in [1.29, 1.82) is 0 Å². The van der Waals surface area contributed by atoms with Gasteiger partial charge in [-0.3, -0.25) is 0 Å². The molecule has 1 aliphatic rings. The van der Waals surface area contributed by atoms with E-state index >= 15 is 0 Å². The van der Waals surface area contributed by atoms with E-state index < -0.39 is 0 Å². The fourth-order valence-electron chi connectivity index (χ4n) is 1.36. The molecule has 0 saturated carbocycles. The topological polar surface area (TPSA) is 38.7 Å². The maximum atomic E-state index is 9.39. The fraction of sp³-hybridized carbons (Fsp3) is 1.00. The Balaban J connectivity index is 2.21. The maximum Gasteiger partial charge on any atom is 0.158 e. The molecule has 0 aromatic carbocycles. The van der Waals surface area contributed by atoms with E-state index in [4.69, 9.17) is 9.47 Å². The first-order valence-corrected chi connectivity index (χ1v) is 5.04. The average Bonchev–Trinajstić information content (AvgIpc) is 2.07. The van der Waals surface area contributed by atoms with E-state index in [1.54, 1.807) is 0 Å². The van der Waals surface area contributed by atoms with Crippen molar-refractivity contribution in [2.45, 2.75) is 52.1 Å². The van der Waals surface area contributed by atoms with Crippen LogP contribution in [0.4, 0.5) is 0 Å². The highest BCUT2D eigenvalue weighted by Gasteiger charge is 2.26. The number of aliphatic hydroxyl groups is 1. The van der Waals surface area contributed by atoms with Crippen LogP contribution in [0.2, 0.25) is 0 Å². The monoisotopic (exact) mass is 188 g/mol. The molecule has 0 radical (unpaired) electrons. The Bertz CT molecular complexity index is 147. The van der Waals surface area contributed by atoms with Crippen LogP contribution in [0.1, 0.15) is 33.6 Å². The molecule has 1 aliphatic heterocycles. The summed E-state index contributed by atoms with van der Waals surface area (Å²) in [6.45, 7) is 6.84. The Labute approximate surface area is 80.0 Å². The molecule has 3 heteroatoms. The highest BCUT2D eigenvalue weighted by molar-refractivity contribution is 4.71. The van der Waals surface area contributed by atoms with Gasteiger partial charge < -0.3 is 14.6 Å². The van der Waals surface area contributed by atoms with Crippen molar-refractivity contribution >= 4 is 0 Å². The van der Waals surface area contributed by atoms with Crippen LogP contribution < -0.4 is 0 Å². The number of aliphatic hydroxyl groups excluding tert-OH is 1. The van der Waals surface area contributed by atoms with Crippen LogP contribution in [-0.2, 0) is 9.47 Å². The first kappa shape index (κ1) is 11.0. The van der Waals surface area contributed by atoms with Crippen molar-refractivity contribution < 1.29 is 14.6 Å². The summed E-state index contributed by atoms with van der Waals surface area (Å²) in [5.41, 5.74) is 0. The number of rotatable bonds is 3. The Morgan fingerprint density at radius 1 is 1.46 bits per heavy atom. The van der Waals surface area contributed by atoms with E-state index in [-0.39, 0.29) is 18.5 Å². The van der Waals surface area contributed by atoms with Gasteiger partial charge >= 0.3 is 0 Å². The second-order valence-electron chi connectivity index (χ2n) is 4.14. The predicted octanol–water partition coefficient (Wildman–Crippen LogP) is 1.54.